The molecule has 4 aromatic rings. The van der Waals surface area contributed by atoms with Crippen molar-refractivity contribution in [3.05, 3.63) is 83.7 Å². The summed E-state index contributed by atoms with van der Waals surface area (Å²) in [6, 6.07) is 10.4. The lowest BCUT2D eigenvalue weighted by Gasteiger charge is -2.11. The summed E-state index contributed by atoms with van der Waals surface area (Å²) in [4.78, 5) is 4.23. The Morgan fingerprint density at radius 3 is 2.50 bits per heavy atom. The fraction of sp³-hybridized carbons (Fsp3) is 0.136. The Bertz CT molecular complexity index is 1230. The molecule has 0 fully saturated rings. The molecule has 6 nitrogen and oxygen atoms in total. The minimum Gasteiger partial charge on any atom is -0.495 e. The summed E-state index contributed by atoms with van der Waals surface area (Å²) < 4.78 is 47.8. The maximum Gasteiger partial charge on any atom is 0.164 e. The van der Waals surface area contributed by atoms with Crippen LogP contribution in [0.3, 0.4) is 0 Å². The molecule has 2 aromatic heterocycles. The van der Waals surface area contributed by atoms with Crippen molar-refractivity contribution in [1.29, 1.82) is 0 Å². The van der Waals surface area contributed by atoms with E-state index in [2.05, 4.69) is 20.5 Å². The van der Waals surface area contributed by atoms with Crippen LogP contribution in [0.25, 0.3) is 16.9 Å². The lowest BCUT2D eigenvalue weighted by molar-refractivity contribution is 0.413. The molecule has 0 aliphatic carbocycles. The van der Waals surface area contributed by atoms with Gasteiger partial charge in [-0.3, -0.25) is 0 Å². The molecule has 0 saturated heterocycles. The molecular weight excluding hydrogens is 443 g/mol. The highest BCUT2D eigenvalue weighted by molar-refractivity contribution is 5.85. The zero-order chi connectivity index (χ0) is 22.0. The van der Waals surface area contributed by atoms with Crippen molar-refractivity contribution in [2.75, 3.05) is 12.4 Å². The number of halogens is 4. The second-order valence-corrected chi connectivity index (χ2v) is 6.83. The predicted octanol–water partition coefficient (Wildman–Crippen LogP) is 5.10. The van der Waals surface area contributed by atoms with Crippen molar-refractivity contribution in [3.8, 4) is 22.7 Å². The third-order valence-electron chi connectivity index (χ3n) is 4.66. The van der Waals surface area contributed by atoms with E-state index in [4.69, 9.17) is 4.74 Å². The van der Waals surface area contributed by atoms with Crippen molar-refractivity contribution < 1.29 is 17.9 Å². The average Bonchev–Trinajstić information content (AvgIpc) is 3.21. The number of imidazole rings is 1. The van der Waals surface area contributed by atoms with Gasteiger partial charge in [-0.1, -0.05) is 6.07 Å². The number of benzene rings is 2. The van der Waals surface area contributed by atoms with Crippen molar-refractivity contribution in [3.63, 3.8) is 0 Å². The van der Waals surface area contributed by atoms with Gasteiger partial charge in [0.05, 0.1) is 30.5 Å². The molecule has 166 valence electrons. The molecule has 0 spiro atoms. The summed E-state index contributed by atoms with van der Waals surface area (Å²) in [5, 5.41) is 11.0. The monoisotopic (exact) mass is 461 g/mol. The van der Waals surface area contributed by atoms with Gasteiger partial charge in [-0.25, -0.2) is 18.2 Å². The van der Waals surface area contributed by atoms with E-state index in [0.29, 0.717) is 23.3 Å². The van der Waals surface area contributed by atoms with Crippen molar-refractivity contribution >= 4 is 18.2 Å². The Balaban J connectivity index is 0.00000289. The second kappa shape index (κ2) is 9.69. The van der Waals surface area contributed by atoms with Crippen molar-refractivity contribution in [2.24, 2.45) is 0 Å². The van der Waals surface area contributed by atoms with Crippen LogP contribution in [0.4, 0.5) is 19.0 Å². The average molecular weight is 462 g/mol. The van der Waals surface area contributed by atoms with E-state index in [-0.39, 0.29) is 24.5 Å². The maximum atomic E-state index is 13.8. The van der Waals surface area contributed by atoms with Gasteiger partial charge in [0.1, 0.15) is 17.4 Å². The number of anilines is 1. The molecule has 0 aliphatic heterocycles. The zero-order valence-corrected chi connectivity index (χ0v) is 18.0. The van der Waals surface area contributed by atoms with Gasteiger partial charge in [0.15, 0.2) is 11.6 Å². The summed E-state index contributed by atoms with van der Waals surface area (Å²) in [6.07, 6.45) is 3.60. The van der Waals surface area contributed by atoms with Gasteiger partial charge in [-0.05, 0) is 37.3 Å². The SMILES string of the molecule is COc1cc(-c2ccc(NCc3cc(F)cc(F)c3F)nn2)ccc1-n1cnc(C)c1.Cl. The number of ether oxygens (including phenoxy) is 1. The van der Waals surface area contributed by atoms with Crippen LogP contribution in [0.5, 0.6) is 5.75 Å². The first-order chi connectivity index (χ1) is 14.9. The van der Waals surface area contributed by atoms with Crippen LogP contribution >= 0.6 is 12.4 Å². The highest BCUT2D eigenvalue weighted by Crippen LogP contribution is 2.29. The Labute approximate surface area is 188 Å². The standard InChI is InChI=1S/C22H18F3N5O.ClH/c1-13-11-30(12-27-13)19-5-3-14(8-20(19)31-2)18-4-6-21(29-28-18)26-10-15-7-16(23)9-17(24)22(15)25;/h3-9,11-12H,10H2,1-2H3,(H,26,29);1H. The summed E-state index contributed by atoms with van der Waals surface area (Å²) in [6.45, 7) is 1.77. The molecule has 4 rings (SSSR count). The first-order valence-electron chi connectivity index (χ1n) is 9.35. The van der Waals surface area contributed by atoms with Crippen LogP contribution < -0.4 is 10.1 Å². The van der Waals surface area contributed by atoms with Crippen LogP contribution in [-0.4, -0.2) is 26.9 Å². The van der Waals surface area contributed by atoms with Crippen LogP contribution in [-0.2, 0) is 6.54 Å². The first kappa shape index (κ1) is 23.1. The molecule has 0 saturated carbocycles. The molecular formula is C22H19ClF3N5O. The third-order valence-corrected chi connectivity index (χ3v) is 4.66. The third kappa shape index (κ3) is 4.83. The summed E-state index contributed by atoms with van der Waals surface area (Å²) >= 11 is 0. The van der Waals surface area contributed by atoms with Gasteiger partial charge in [0.25, 0.3) is 0 Å². The number of hydrogen-bond donors (Lipinski definition) is 1. The molecule has 0 unspecified atom stereocenters. The lowest BCUT2D eigenvalue weighted by Crippen LogP contribution is -2.06. The fourth-order valence-electron chi connectivity index (χ4n) is 3.11. The number of aryl methyl sites for hydroxylation is 1. The van der Waals surface area contributed by atoms with E-state index >= 15 is 0 Å². The molecule has 0 bridgehead atoms. The topological polar surface area (TPSA) is 64.9 Å². The minimum absolute atomic E-state index is 0. The van der Waals surface area contributed by atoms with E-state index in [1.54, 1.807) is 25.6 Å². The number of rotatable bonds is 6. The van der Waals surface area contributed by atoms with E-state index in [9.17, 15) is 13.2 Å². The largest absolute Gasteiger partial charge is 0.495 e. The summed E-state index contributed by atoms with van der Waals surface area (Å²) in [7, 11) is 1.58. The Morgan fingerprint density at radius 1 is 1.03 bits per heavy atom. The zero-order valence-electron chi connectivity index (χ0n) is 17.1. The highest BCUT2D eigenvalue weighted by atomic mass is 35.5. The molecule has 0 aliphatic rings. The molecule has 0 amide bonds. The van der Waals surface area contributed by atoms with Gasteiger partial charge in [0.2, 0.25) is 0 Å². The van der Waals surface area contributed by atoms with E-state index in [1.807, 2.05) is 35.9 Å². The van der Waals surface area contributed by atoms with Gasteiger partial charge in [-0.15, -0.1) is 22.6 Å². The number of hydrogen-bond acceptors (Lipinski definition) is 5. The molecule has 2 aromatic carbocycles. The minimum atomic E-state index is -1.23. The van der Waals surface area contributed by atoms with Crippen molar-refractivity contribution in [1.82, 2.24) is 19.7 Å². The van der Waals surface area contributed by atoms with Crippen LogP contribution in [0.2, 0.25) is 0 Å². The number of aromatic nitrogens is 4. The maximum absolute atomic E-state index is 13.8. The lowest BCUT2D eigenvalue weighted by atomic mass is 10.1. The van der Waals surface area contributed by atoms with E-state index < -0.39 is 17.5 Å². The van der Waals surface area contributed by atoms with Gasteiger partial charge < -0.3 is 14.6 Å². The van der Waals surface area contributed by atoms with Crippen LogP contribution in [0.15, 0.2) is 55.0 Å². The van der Waals surface area contributed by atoms with E-state index in [1.165, 1.54) is 0 Å². The molecule has 32 heavy (non-hydrogen) atoms. The van der Waals surface area contributed by atoms with Gasteiger partial charge in [0, 0.05) is 29.9 Å². The summed E-state index contributed by atoms with van der Waals surface area (Å²) in [5.74, 6) is -2.20. The molecule has 2 heterocycles. The van der Waals surface area contributed by atoms with Gasteiger partial charge >= 0.3 is 0 Å². The Hall–Kier alpha value is -3.59. The van der Waals surface area contributed by atoms with E-state index in [0.717, 1.165) is 23.0 Å². The van der Waals surface area contributed by atoms with Crippen molar-refractivity contribution in [2.45, 2.75) is 13.5 Å². The number of methoxy groups -OCH3 is 1. The first-order valence-corrected chi connectivity index (χ1v) is 9.35. The fourth-order valence-corrected chi connectivity index (χ4v) is 3.11. The number of nitrogens with zero attached hydrogens (tertiary/aromatic N) is 4. The van der Waals surface area contributed by atoms with Crippen LogP contribution in [0, 0.1) is 24.4 Å². The van der Waals surface area contributed by atoms with Gasteiger partial charge in [-0.2, -0.15) is 0 Å². The number of nitrogens with one attached hydrogen (secondary N) is 1. The van der Waals surface area contributed by atoms with Crippen LogP contribution in [0.1, 0.15) is 11.3 Å². The highest BCUT2D eigenvalue weighted by Gasteiger charge is 2.12. The normalized spacial score (nSPS) is 10.5. The predicted molar refractivity (Wildman–Crippen MR) is 117 cm³/mol. The smallest absolute Gasteiger partial charge is 0.164 e. The molecule has 10 heteroatoms. The second-order valence-electron chi connectivity index (χ2n) is 6.83. The quantitative estimate of drug-likeness (QED) is 0.405. The Morgan fingerprint density at radius 2 is 1.84 bits per heavy atom. The summed E-state index contributed by atoms with van der Waals surface area (Å²) in [5.41, 5.74) is 2.97. The Kier molecular flexibility index (Phi) is 6.99. The molecule has 0 radical (unpaired) electrons. The molecule has 1 N–H and O–H groups in total. The molecule has 0 atom stereocenters.